The Hall–Kier alpha value is -3.93. The average molecular weight is 484 g/mol. The molecule has 0 saturated heterocycles. The SMILES string of the molecule is O=C(CCSc1nnc(C2COc3ccccc3O2)o1)NC(=O)Nc1ccc2c(c1)OCCO2. The third-order valence-corrected chi connectivity index (χ3v) is 5.63. The summed E-state index contributed by atoms with van der Waals surface area (Å²) in [5, 5.41) is 13.2. The van der Waals surface area contributed by atoms with Crippen molar-refractivity contribution in [1.82, 2.24) is 15.5 Å². The number of ether oxygens (including phenoxy) is 4. The molecule has 3 aromatic rings. The first kappa shape index (κ1) is 21.9. The molecular formula is C22H20N4O7S. The molecule has 1 unspecified atom stereocenters. The van der Waals surface area contributed by atoms with Crippen LogP contribution in [0.1, 0.15) is 18.4 Å². The van der Waals surface area contributed by atoms with Gasteiger partial charge in [-0.1, -0.05) is 23.9 Å². The van der Waals surface area contributed by atoms with E-state index in [0.29, 0.717) is 58.8 Å². The van der Waals surface area contributed by atoms with Crippen LogP contribution in [0.5, 0.6) is 23.0 Å². The quantitative estimate of drug-likeness (QED) is 0.502. The molecule has 12 heteroatoms. The van der Waals surface area contributed by atoms with E-state index in [-0.39, 0.29) is 13.0 Å². The number of benzene rings is 2. The average Bonchev–Trinajstić information content (AvgIpc) is 3.32. The number of nitrogens with zero attached hydrogens (tertiary/aromatic N) is 2. The minimum Gasteiger partial charge on any atom is -0.486 e. The van der Waals surface area contributed by atoms with Gasteiger partial charge in [0.25, 0.3) is 11.1 Å². The Kier molecular flexibility index (Phi) is 6.38. The number of amides is 3. The number of rotatable bonds is 6. The van der Waals surface area contributed by atoms with E-state index in [2.05, 4.69) is 20.8 Å². The first-order chi connectivity index (χ1) is 16.6. The molecule has 2 aliphatic rings. The molecule has 2 aliphatic heterocycles. The highest BCUT2D eigenvalue weighted by molar-refractivity contribution is 7.99. The second-order valence-electron chi connectivity index (χ2n) is 7.23. The number of imide groups is 1. The number of urea groups is 1. The number of para-hydroxylation sites is 2. The molecular weight excluding hydrogens is 464 g/mol. The van der Waals surface area contributed by atoms with Crippen LogP contribution in [0, 0.1) is 0 Å². The molecule has 3 heterocycles. The summed E-state index contributed by atoms with van der Waals surface area (Å²) in [5.41, 5.74) is 0.485. The van der Waals surface area contributed by atoms with E-state index >= 15 is 0 Å². The molecule has 0 bridgehead atoms. The zero-order valence-electron chi connectivity index (χ0n) is 17.8. The number of thioether (sulfide) groups is 1. The number of fused-ring (bicyclic) bond motifs is 2. The highest BCUT2D eigenvalue weighted by atomic mass is 32.2. The normalized spacial score (nSPS) is 15.9. The summed E-state index contributed by atoms with van der Waals surface area (Å²) in [4.78, 5) is 24.2. The van der Waals surface area contributed by atoms with Crippen LogP contribution >= 0.6 is 11.8 Å². The Labute approximate surface area is 198 Å². The lowest BCUT2D eigenvalue weighted by Crippen LogP contribution is -2.34. The fraction of sp³-hybridized carbons (Fsp3) is 0.273. The Morgan fingerprint density at radius 1 is 0.971 bits per heavy atom. The van der Waals surface area contributed by atoms with Crippen molar-refractivity contribution < 1.29 is 33.0 Å². The van der Waals surface area contributed by atoms with Crippen molar-refractivity contribution >= 4 is 29.4 Å². The summed E-state index contributed by atoms with van der Waals surface area (Å²) in [6.07, 6.45) is -0.433. The predicted molar refractivity (Wildman–Crippen MR) is 120 cm³/mol. The van der Waals surface area contributed by atoms with Gasteiger partial charge >= 0.3 is 6.03 Å². The summed E-state index contributed by atoms with van der Waals surface area (Å²) in [7, 11) is 0. The lowest BCUT2D eigenvalue weighted by atomic mass is 10.2. The van der Waals surface area contributed by atoms with Crippen molar-refractivity contribution in [2.45, 2.75) is 17.7 Å². The number of hydrogen-bond donors (Lipinski definition) is 2. The molecule has 0 aliphatic carbocycles. The maximum atomic E-state index is 12.1. The Morgan fingerprint density at radius 2 is 1.76 bits per heavy atom. The molecule has 1 aromatic heterocycles. The van der Waals surface area contributed by atoms with Crippen molar-refractivity contribution in [2.75, 3.05) is 30.9 Å². The third kappa shape index (κ3) is 5.17. The molecule has 0 fully saturated rings. The first-order valence-corrected chi connectivity index (χ1v) is 11.5. The largest absolute Gasteiger partial charge is 0.486 e. The van der Waals surface area contributed by atoms with Gasteiger partial charge in [-0.05, 0) is 24.3 Å². The van der Waals surface area contributed by atoms with Crippen LogP contribution in [-0.2, 0) is 4.79 Å². The molecule has 1 atom stereocenters. The number of hydrogen-bond acceptors (Lipinski definition) is 10. The highest BCUT2D eigenvalue weighted by Crippen LogP contribution is 2.36. The predicted octanol–water partition coefficient (Wildman–Crippen LogP) is 3.18. The number of carbonyl (C=O) groups is 2. The Balaban J connectivity index is 1.06. The van der Waals surface area contributed by atoms with Crippen LogP contribution < -0.4 is 29.6 Å². The van der Waals surface area contributed by atoms with Crippen molar-refractivity contribution in [3.63, 3.8) is 0 Å². The fourth-order valence-electron chi connectivity index (χ4n) is 3.25. The minimum absolute atomic E-state index is 0.0767. The monoisotopic (exact) mass is 484 g/mol. The topological polar surface area (TPSA) is 134 Å². The Bertz CT molecular complexity index is 1200. The molecule has 5 rings (SSSR count). The van der Waals surface area contributed by atoms with Gasteiger partial charge in [0, 0.05) is 23.9 Å². The lowest BCUT2D eigenvalue weighted by molar-refractivity contribution is -0.119. The summed E-state index contributed by atoms with van der Waals surface area (Å²) >= 11 is 1.21. The molecule has 0 radical (unpaired) electrons. The van der Waals surface area contributed by atoms with Crippen molar-refractivity contribution in [1.29, 1.82) is 0 Å². The van der Waals surface area contributed by atoms with Gasteiger partial charge in [0.1, 0.15) is 19.8 Å². The van der Waals surface area contributed by atoms with E-state index < -0.39 is 18.0 Å². The second kappa shape index (κ2) is 9.91. The smallest absolute Gasteiger partial charge is 0.325 e. The number of carbonyl (C=O) groups excluding carboxylic acids is 2. The van der Waals surface area contributed by atoms with Gasteiger partial charge < -0.3 is 28.7 Å². The van der Waals surface area contributed by atoms with Crippen LogP contribution in [0.4, 0.5) is 10.5 Å². The maximum Gasteiger partial charge on any atom is 0.325 e. The van der Waals surface area contributed by atoms with Gasteiger partial charge in [-0.15, -0.1) is 10.2 Å². The van der Waals surface area contributed by atoms with Crippen LogP contribution in [0.25, 0.3) is 0 Å². The van der Waals surface area contributed by atoms with Crippen LogP contribution in [0.15, 0.2) is 52.1 Å². The van der Waals surface area contributed by atoms with E-state index in [0.717, 1.165) is 0 Å². The Morgan fingerprint density at radius 3 is 2.65 bits per heavy atom. The molecule has 34 heavy (non-hydrogen) atoms. The van der Waals surface area contributed by atoms with Crippen LogP contribution in [0.3, 0.4) is 0 Å². The molecule has 0 saturated carbocycles. The number of aromatic nitrogens is 2. The lowest BCUT2D eigenvalue weighted by Gasteiger charge is -2.23. The second-order valence-corrected chi connectivity index (χ2v) is 8.28. The molecule has 2 N–H and O–H groups in total. The first-order valence-electron chi connectivity index (χ1n) is 10.5. The molecule has 3 amide bonds. The zero-order valence-corrected chi connectivity index (χ0v) is 18.6. The minimum atomic E-state index is -0.638. The summed E-state index contributed by atoms with van der Waals surface area (Å²) in [6, 6.07) is 11.7. The highest BCUT2D eigenvalue weighted by Gasteiger charge is 2.27. The zero-order chi connectivity index (χ0) is 23.3. The van der Waals surface area contributed by atoms with Gasteiger partial charge in [-0.2, -0.15) is 0 Å². The maximum absolute atomic E-state index is 12.1. The molecule has 0 spiro atoms. The van der Waals surface area contributed by atoms with E-state index in [9.17, 15) is 9.59 Å². The summed E-state index contributed by atoms with van der Waals surface area (Å²) in [5.74, 6) is 2.62. The van der Waals surface area contributed by atoms with Gasteiger partial charge in [-0.25, -0.2) is 4.79 Å². The third-order valence-electron chi connectivity index (χ3n) is 4.81. The van der Waals surface area contributed by atoms with Crippen molar-refractivity contribution in [3.8, 4) is 23.0 Å². The summed E-state index contributed by atoms with van der Waals surface area (Å²) < 4.78 is 28.0. The number of nitrogens with one attached hydrogen (secondary N) is 2. The van der Waals surface area contributed by atoms with Gasteiger partial charge in [0.15, 0.2) is 23.0 Å². The van der Waals surface area contributed by atoms with E-state index in [1.807, 2.05) is 18.2 Å². The van der Waals surface area contributed by atoms with Crippen molar-refractivity contribution in [3.05, 3.63) is 48.4 Å². The van der Waals surface area contributed by atoms with Crippen molar-refractivity contribution in [2.24, 2.45) is 0 Å². The molecule has 2 aromatic carbocycles. The molecule has 11 nitrogen and oxygen atoms in total. The standard InChI is InChI=1S/C22H20N4O7S/c27-19(24-21(28)23-13-5-6-15-17(11-13)30-9-8-29-15)7-10-34-22-26-25-20(33-22)18-12-31-14-3-1-2-4-16(14)32-18/h1-6,11,18H,7-10,12H2,(H2,23,24,27,28). The fourth-order valence-corrected chi connectivity index (χ4v) is 3.96. The van der Waals surface area contributed by atoms with Crippen LogP contribution in [-0.4, -0.2) is 47.7 Å². The van der Waals surface area contributed by atoms with E-state index in [1.54, 1.807) is 24.3 Å². The number of anilines is 1. The van der Waals surface area contributed by atoms with Crippen LogP contribution in [0.2, 0.25) is 0 Å². The van der Waals surface area contributed by atoms with Gasteiger partial charge in [0.05, 0.1) is 0 Å². The van der Waals surface area contributed by atoms with Gasteiger partial charge in [-0.3, -0.25) is 10.1 Å². The van der Waals surface area contributed by atoms with Gasteiger partial charge in [0.2, 0.25) is 12.0 Å². The van der Waals surface area contributed by atoms with E-state index in [4.69, 9.17) is 23.4 Å². The summed E-state index contributed by atoms with van der Waals surface area (Å²) in [6.45, 7) is 1.18. The van der Waals surface area contributed by atoms with E-state index in [1.165, 1.54) is 11.8 Å². The molecule has 176 valence electrons.